The number of nitrogens with zero attached hydrogens (tertiary/aromatic N) is 2. The number of rotatable bonds is 6. The number of hydrogen-bond donors (Lipinski definition) is 0. The van der Waals surface area contributed by atoms with E-state index in [0.29, 0.717) is 0 Å². The lowest BCUT2D eigenvalue weighted by Crippen LogP contribution is -2.18. The van der Waals surface area contributed by atoms with Crippen LogP contribution in [0.15, 0.2) is 236 Å². The normalized spacial score (nSPS) is 14.1. The average molecular weight is 1010 g/mol. The quantitative estimate of drug-likeness (QED) is 0.165. The van der Waals surface area contributed by atoms with Crippen LogP contribution in [0.3, 0.4) is 0 Å². The molecule has 78 heavy (non-hydrogen) atoms. The van der Waals surface area contributed by atoms with E-state index in [-0.39, 0.29) is 0 Å². The van der Waals surface area contributed by atoms with Gasteiger partial charge in [-0.1, -0.05) is 161 Å². The fourth-order valence-corrected chi connectivity index (χ4v) is 13.8. The first-order valence-corrected chi connectivity index (χ1v) is 26.9. The number of furan rings is 4. The lowest BCUT2D eigenvalue weighted by Gasteiger charge is -2.29. The molecule has 15 aromatic rings. The first-order chi connectivity index (χ1) is 38.2. The molecule has 0 saturated heterocycles. The molecule has 4 heterocycles. The van der Waals surface area contributed by atoms with Gasteiger partial charge in [-0.25, -0.2) is 0 Å². The second-order valence-corrected chi connectivity index (χ2v) is 22.3. The summed E-state index contributed by atoms with van der Waals surface area (Å²) in [5.41, 5.74) is 21.5. The Bertz CT molecular complexity index is 4730. The Hall–Kier alpha value is -9.78. The summed E-state index contributed by atoms with van der Waals surface area (Å²) in [5.74, 6) is 0. The number of fused-ring (bicyclic) bond motifs is 20. The van der Waals surface area contributed by atoms with Crippen molar-refractivity contribution < 1.29 is 17.7 Å². The first-order valence-electron chi connectivity index (χ1n) is 26.9. The van der Waals surface area contributed by atoms with E-state index < -0.39 is 10.8 Å². The molecule has 0 N–H and O–H groups in total. The zero-order chi connectivity index (χ0) is 51.8. The third-order valence-electron chi connectivity index (χ3n) is 17.4. The van der Waals surface area contributed by atoms with Crippen LogP contribution in [0.4, 0.5) is 34.1 Å². The van der Waals surface area contributed by atoms with Crippen LogP contribution in [0.25, 0.3) is 110 Å². The monoisotopic (exact) mass is 1000 g/mol. The molecule has 4 aromatic heterocycles. The van der Waals surface area contributed by atoms with Gasteiger partial charge in [0, 0.05) is 65.6 Å². The maximum atomic E-state index is 7.27. The Balaban J connectivity index is 0.921. The fourth-order valence-electron chi connectivity index (χ4n) is 13.8. The van der Waals surface area contributed by atoms with Gasteiger partial charge < -0.3 is 27.5 Å². The Kier molecular flexibility index (Phi) is 8.60. The van der Waals surface area contributed by atoms with E-state index in [1.807, 2.05) is 12.1 Å². The Morgan fingerprint density at radius 3 is 1.03 bits per heavy atom. The minimum atomic E-state index is -0.454. The molecule has 370 valence electrons. The van der Waals surface area contributed by atoms with Crippen LogP contribution in [0.5, 0.6) is 0 Å². The summed E-state index contributed by atoms with van der Waals surface area (Å²) in [7, 11) is 0. The molecule has 11 aromatic carbocycles. The van der Waals surface area contributed by atoms with Crippen molar-refractivity contribution in [1.29, 1.82) is 0 Å². The van der Waals surface area contributed by atoms with Crippen LogP contribution >= 0.6 is 0 Å². The van der Waals surface area contributed by atoms with E-state index in [0.717, 1.165) is 133 Å². The van der Waals surface area contributed by atoms with Crippen LogP contribution in [0.1, 0.15) is 49.9 Å². The van der Waals surface area contributed by atoms with Crippen molar-refractivity contribution in [2.24, 2.45) is 0 Å². The van der Waals surface area contributed by atoms with Gasteiger partial charge in [0.2, 0.25) is 0 Å². The smallest absolute Gasteiger partial charge is 0.159 e. The second-order valence-electron chi connectivity index (χ2n) is 22.3. The van der Waals surface area contributed by atoms with Crippen LogP contribution in [0, 0.1) is 0 Å². The topological polar surface area (TPSA) is 59.0 Å². The summed E-state index contributed by atoms with van der Waals surface area (Å²) in [6.07, 6.45) is 0. The number of hydrogen-bond acceptors (Lipinski definition) is 6. The second kappa shape index (κ2) is 15.4. The maximum absolute atomic E-state index is 7.27. The molecule has 0 fully saturated rings. The van der Waals surface area contributed by atoms with E-state index in [1.54, 1.807) is 0 Å². The standard InChI is InChI=1S/C72H48N2O4/c1-71(2)51-37-50-52(38-49(51)63-53(71)39-57(65-47-27-13-17-35-61(47)77-69(63)65)73(41-21-7-5-8-22-41)55-31-19-29-45-43-25-11-15-33-59(43)75-67(45)55)72(3,4)54-40-58(66-48-28-14-18-36-62(48)78-70(66)64(50)54)74(42-23-9-6-10-24-42)56-32-20-30-46-44-26-12-16-34-60(44)76-68(46)56/h5-40H,1-4H3. The third-order valence-corrected chi connectivity index (χ3v) is 17.4. The SMILES string of the molecule is CC1(C)c2cc3c(cc2-c2c1cc(N(c1ccccc1)c1cccc4c1oc1ccccc14)c1c2oc2ccccc21)C(C)(C)c1cc(N(c2ccccc2)c2cccc4c2oc2ccccc24)c2c(oc4ccccc42)c1-3. The summed E-state index contributed by atoms with van der Waals surface area (Å²) in [6, 6.07) is 77.9. The van der Waals surface area contributed by atoms with Gasteiger partial charge in [0.1, 0.15) is 33.5 Å². The van der Waals surface area contributed by atoms with Crippen molar-refractivity contribution >= 4 is 122 Å². The summed E-state index contributed by atoms with van der Waals surface area (Å²) in [4.78, 5) is 4.77. The fraction of sp³-hybridized carbons (Fsp3) is 0.0833. The minimum Gasteiger partial charge on any atom is -0.455 e. The molecule has 2 aliphatic rings. The molecule has 17 rings (SSSR count). The molecule has 6 heteroatoms. The van der Waals surface area contributed by atoms with Gasteiger partial charge in [-0.3, -0.25) is 0 Å². The van der Waals surface area contributed by atoms with E-state index in [4.69, 9.17) is 17.7 Å². The predicted octanol–water partition coefficient (Wildman–Crippen LogP) is 20.8. The van der Waals surface area contributed by atoms with Gasteiger partial charge in [0.15, 0.2) is 11.2 Å². The summed E-state index contributed by atoms with van der Waals surface area (Å²) in [6.45, 7) is 9.53. The van der Waals surface area contributed by atoms with Gasteiger partial charge in [0.05, 0.1) is 33.5 Å². The number of para-hydroxylation sites is 8. The van der Waals surface area contributed by atoms with E-state index >= 15 is 0 Å². The van der Waals surface area contributed by atoms with Crippen LogP contribution in [0.2, 0.25) is 0 Å². The van der Waals surface area contributed by atoms with E-state index in [9.17, 15) is 0 Å². The number of anilines is 6. The Morgan fingerprint density at radius 1 is 0.282 bits per heavy atom. The van der Waals surface area contributed by atoms with Gasteiger partial charge in [-0.15, -0.1) is 0 Å². The van der Waals surface area contributed by atoms with E-state index in [1.165, 1.54) is 33.4 Å². The zero-order valence-electron chi connectivity index (χ0n) is 43.3. The van der Waals surface area contributed by atoms with E-state index in [2.05, 4.69) is 244 Å². The molecule has 0 aliphatic heterocycles. The Labute approximate surface area is 448 Å². The van der Waals surface area contributed by atoms with Gasteiger partial charge >= 0.3 is 0 Å². The first kappa shape index (κ1) is 43.5. The number of benzene rings is 11. The van der Waals surface area contributed by atoms with Crippen molar-refractivity contribution in [3.05, 3.63) is 241 Å². The molecule has 0 unspecified atom stereocenters. The van der Waals surface area contributed by atoms with Crippen molar-refractivity contribution in [2.45, 2.75) is 38.5 Å². The van der Waals surface area contributed by atoms with Crippen LogP contribution in [-0.2, 0) is 10.8 Å². The van der Waals surface area contributed by atoms with Gasteiger partial charge in [-0.2, -0.15) is 0 Å². The van der Waals surface area contributed by atoms with Crippen molar-refractivity contribution in [3.8, 4) is 22.3 Å². The molecular weight excluding hydrogens is 957 g/mol. The van der Waals surface area contributed by atoms with Crippen LogP contribution < -0.4 is 9.80 Å². The molecule has 0 atom stereocenters. The minimum absolute atomic E-state index is 0.454. The van der Waals surface area contributed by atoms with Gasteiger partial charge in [0.25, 0.3) is 0 Å². The molecule has 6 nitrogen and oxygen atoms in total. The Morgan fingerprint density at radius 2 is 0.615 bits per heavy atom. The molecule has 2 aliphatic carbocycles. The van der Waals surface area contributed by atoms with Crippen LogP contribution in [-0.4, -0.2) is 0 Å². The molecule has 0 radical (unpaired) electrons. The average Bonchev–Trinajstić information content (AvgIpc) is 3.95. The van der Waals surface area contributed by atoms with Gasteiger partial charge in [-0.05, 0) is 118 Å². The highest BCUT2D eigenvalue weighted by Gasteiger charge is 2.46. The zero-order valence-corrected chi connectivity index (χ0v) is 43.3. The maximum Gasteiger partial charge on any atom is 0.159 e. The lowest BCUT2D eigenvalue weighted by molar-refractivity contribution is 0.648. The largest absolute Gasteiger partial charge is 0.455 e. The van der Waals surface area contributed by atoms with Crippen molar-refractivity contribution in [2.75, 3.05) is 9.80 Å². The predicted molar refractivity (Wildman–Crippen MR) is 320 cm³/mol. The van der Waals surface area contributed by atoms with Crippen molar-refractivity contribution in [1.82, 2.24) is 0 Å². The molecule has 0 spiro atoms. The molecule has 0 bridgehead atoms. The highest BCUT2D eigenvalue weighted by atomic mass is 16.3. The summed E-state index contributed by atoms with van der Waals surface area (Å²) >= 11 is 0. The third kappa shape index (κ3) is 5.70. The highest BCUT2D eigenvalue weighted by Crippen LogP contribution is 2.62. The summed E-state index contributed by atoms with van der Waals surface area (Å²) < 4.78 is 28.2. The molecular formula is C72H48N2O4. The summed E-state index contributed by atoms with van der Waals surface area (Å²) in [5, 5.41) is 8.57. The highest BCUT2D eigenvalue weighted by molar-refractivity contribution is 6.23. The van der Waals surface area contributed by atoms with Crippen molar-refractivity contribution in [3.63, 3.8) is 0 Å². The molecule has 0 saturated carbocycles. The molecule has 0 amide bonds. The lowest BCUT2D eigenvalue weighted by atomic mass is 9.79.